The highest BCUT2D eigenvalue weighted by atomic mass is 35.5. The van der Waals surface area contributed by atoms with Crippen LogP contribution in [0.1, 0.15) is 12.1 Å². The number of rotatable bonds is 5. The number of nitrogens with zero attached hydrogens (tertiary/aromatic N) is 2. The van der Waals surface area contributed by atoms with Gasteiger partial charge in [-0.15, -0.1) is 0 Å². The molecule has 0 spiro atoms. The zero-order valence-electron chi connectivity index (χ0n) is 11.9. The fraction of sp³-hybridized carbons (Fsp3) is 0.286. The van der Waals surface area contributed by atoms with Gasteiger partial charge in [0, 0.05) is 35.0 Å². The van der Waals surface area contributed by atoms with Crippen LogP contribution in [-0.2, 0) is 6.54 Å². The Kier molecular flexibility index (Phi) is 6.32. The molecular formula is C14H15Cl3N4S. The van der Waals surface area contributed by atoms with Crippen LogP contribution in [0.5, 0.6) is 0 Å². The number of nitrogens with one attached hydrogen (secondary N) is 2. The summed E-state index contributed by atoms with van der Waals surface area (Å²) in [4.78, 5) is 0. The van der Waals surface area contributed by atoms with Gasteiger partial charge in [0.2, 0.25) is 0 Å². The maximum absolute atomic E-state index is 5.96. The van der Waals surface area contributed by atoms with E-state index in [-0.39, 0.29) is 0 Å². The Morgan fingerprint density at radius 2 is 1.91 bits per heavy atom. The molecule has 0 aliphatic rings. The molecule has 0 saturated heterocycles. The smallest absolute Gasteiger partial charge is 0.170 e. The molecule has 0 saturated carbocycles. The average Bonchev–Trinajstić information content (AvgIpc) is 2.72. The van der Waals surface area contributed by atoms with Gasteiger partial charge in [0.25, 0.3) is 0 Å². The first-order valence-corrected chi connectivity index (χ1v) is 8.19. The lowest BCUT2D eigenvalue weighted by Crippen LogP contribution is -2.29. The van der Waals surface area contributed by atoms with Gasteiger partial charge in [-0.1, -0.05) is 34.8 Å². The van der Waals surface area contributed by atoms with E-state index in [2.05, 4.69) is 15.7 Å². The first-order chi connectivity index (χ1) is 10.4. The quantitative estimate of drug-likeness (QED) is 0.593. The van der Waals surface area contributed by atoms with E-state index in [1.165, 1.54) is 0 Å². The molecule has 0 atom stereocenters. The monoisotopic (exact) mass is 376 g/mol. The van der Waals surface area contributed by atoms with Crippen molar-refractivity contribution in [3.05, 3.63) is 45.2 Å². The SMILES string of the molecule is Cc1nn(CCCNC(=S)Nc2cc(Cl)cc(Cl)c2)cc1Cl. The van der Waals surface area contributed by atoms with Gasteiger partial charge >= 0.3 is 0 Å². The van der Waals surface area contributed by atoms with Crippen molar-refractivity contribution in [1.82, 2.24) is 15.1 Å². The lowest BCUT2D eigenvalue weighted by Gasteiger charge is -2.11. The summed E-state index contributed by atoms with van der Waals surface area (Å²) in [7, 11) is 0. The van der Waals surface area contributed by atoms with Gasteiger partial charge in [0.1, 0.15) is 0 Å². The van der Waals surface area contributed by atoms with Gasteiger partial charge in [-0.25, -0.2) is 0 Å². The molecule has 0 bridgehead atoms. The van der Waals surface area contributed by atoms with Crippen LogP contribution >= 0.6 is 47.0 Å². The number of aromatic nitrogens is 2. The largest absolute Gasteiger partial charge is 0.362 e. The van der Waals surface area contributed by atoms with Crippen LogP contribution in [0.15, 0.2) is 24.4 Å². The van der Waals surface area contributed by atoms with Gasteiger partial charge in [-0.2, -0.15) is 5.10 Å². The minimum atomic E-state index is 0.521. The molecule has 2 N–H and O–H groups in total. The number of thiocarbonyl (C=S) groups is 1. The molecule has 2 rings (SSSR count). The van der Waals surface area contributed by atoms with Crippen molar-refractivity contribution in [2.75, 3.05) is 11.9 Å². The molecule has 0 amide bonds. The van der Waals surface area contributed by atoms with Crippen molar-refractivity contribution in [2.45, 2.75) is 19.9 Å². The lowest BCUT2D eigenvalue weighted by atomic mass is 10.3. The summed E-state index contributed by atoms with van der Waals surface area (Å²) in [6, 6.07) is 5.19. The normalized spacial score (nSPS) is 10.5. The molecule has 8 heteroatoms. The van der Waals surface area contributed by atoms with Crippen LogP contribution in [0.2, 0.25) is 15.1 Å². The molecule has 0 aliphatic heterocycles. The van der Waals surface area contributed by atoms with Crippen LogP contribution in [0.4, 0.5) is 5.69 Å². The van der Waals surface area contributed by atoms with Crippen molar-refractivity contribution in [1.29, 1.82) is 0 Å². The minimum Gasteiger partial charge on any atom is -0.362 e. The molecule has 0 radical (unpaired) electrons. The second-order valence-corrected chi connectivity index (χ2v) is 6.41. The summed E-state index contributed by atoms with van der Waals surface area (Å²) in [5, 5.41) is 12.8. The molecule has 1 aromatic heterocycles. The predicted molar refractivity (Wildman–Crippen MR) is 97.3 cm³/mol. The number of benzene rings is 1. The first-order valence-electron chi connectivity index (χ1n) is 6.64. The highest BCUT2D eigenvalue weighted by molar-refractivity contribution is 7.80. The van der Waals surface area contributed by atoms with E-state index in [4.69, 9.17) is 47.0 Å². The van der Waals surface area contributed by atoms with E-state index in [1.54, 1.807) is 18.2 Å². The third-order valence-electron chi connectivity index (χ3n) is 2.86. The molecule has 1 aromatic carbocycles. The van der Waals surface area contributed by atoms with Gasteiger partial charge in [0.15, 0.2) is 5.11 Å². The third-order valence-corrected chi connectivity index (χ3v) is 3.91. The maximum Gasteiger partial charge on any atom is 0.170 e. The Hall–Kier alpha value is -1.01. The van der Waals surface area contributed by atoms with Crippen LogP contribution in [0.25, 0.3) is 0 Å². The molecule has 0 fully saturated rings. The highest BCUT2D eigenvalue weighted by Gasteiger charge is 2.03. The Balaban J connectivity index is 1.73. The van der Waals surface area contributed by atoms with E-state index in [1.807, 2.05) is 17.8 Å². The van der Waals surface area contributed by atoms with E-state index < -0.39 is 0 Å². The van der Waals surface area contributed by atoms with E-state index in [9.17, 15) is 0 Å². The van der Waals surface area contributed by atoms with E-state index >= 15 is 0 Å². The van der Waals surface area contributed by atoms with Crippen molar-refractivity contribution < 1.29 is 0 Å². The third kappa shape index (κ3) is 5.32. The number of anilines is 1. The van der Waals surface area contributed by atoms with E-state index in [0.29, 0.717) is 20.2 Å². The Bertz CT molecular complexity index is 632. The summed E-state index contributed by atoms with van der Waals surface area (Å²) in [5.41, 5.74) is 1.59. The Morgan fingerprint density at radius 1 is 1.23 bits per heavy atom. The fourth-order valence-electron chi connectivity index (χ4n) is 1.85. The van der Waals surface area contributed by atoms with Gasteiger partial charge < -0.3 is 10.6 Å². The van der Waals surface area contributed by atoms with Gasteiger partial charge in [0.05, 0.1) is 10.7 Å². The van der Waals surface area contributed by atoms with Crippen LogP contribution in [0.3, 0.4) is 0 Å². The standard InChI is InChI=1S/C14H15Cl3N4S/c1-9-13(17)8-21(20-9)4-2-3-18-14(22)19-12-6-10(15)5-11(16)7-12/h5-8H,2-4H2,1H3,(H2,18,19,22). The summed E-state index contributed by atoms with van der Waals surface area (Å²) >= 11 is 23.1. The summed E-state index contributed by atoms with van der Waals surface area (Å²) < 4.78 is 1.83. The second kappa shape index (κ2) is 8.02. The molecule has 22 heavy (non-hydrogen) atoms. The number of halogens is 3. The zero-order chi connectivity index (χ0) is 16.1. The summed E-state index contributed by atoms with van der Waals surface area (Å²) in [6.45, 7) is 3.37. The highest BCUT2D eigenvalue weighted by Crippen LogP contribution is 2.22. The minimum absolute atomic E-state index is 0.521. The van der Waals surface area contributed by atoms with Gasteiger partial charge in [-0.05, 0) is 43.8 Å². The fourth-order valence-corrected chi connectivity index (χ4v) is 2.75. The molecule has 0 aliphatic carbocycles. The summed E-state index contributed by atoms with van der Waals surface area (Å²) in [6.07, 6.45) is 2.69. The molecule has 118 valence electrons. The topological polar surface area (TPSA) is 41.9 Å². The van der Waals surface area contributed by atoms with Crippen molar-refractivity contribution in [3.8, 4) is 0 Å². The Morgan fingerprint density at radius 3 is 2.50 bits per heavy atom. The first kappa shape index (κ1) is 17.3. The lowest BCUT2D eigenvalue weighted by molar-refractivity contribution is 0.570. The number of aryl methyl sites for hydroxylation is 2. The molecule has 4 nitrogen and oxygen atoms in total. The molecule has 2 aromatic rings. The van der Waals surface area contributed by atoms with Crippen molar-refractivity contribution in [3.63, 3.8) is 0 Å². The van der Waals surface area contributed by atoms with E-state index in [0.717, 1.165) is 30.9 Å². The predicted octanol–water partition coefficient (Wildman–Crippen LogP) is 4.53. The Labute approximate surface area is 149 Å². The summed E-state index contributed by atoms with van der Waals surface area (Å²) in [5.74, 6) is 0. The van der Waals surface area contributed by atoms with Crippen molar-refractivity contribution in [2.24, 2.45) is 0 Å². The molecule has 0 unspecified atom stereocenters. The van der Waals surface area contributed by atoms with Crippen molar-refractivity contribution >= 4 is 57.8 Å². The number of hydrogen-bond acceptors (Lipinski definition) is 2. The van der Waals surface area contributed by atoms with Crippen LogP contribution in [0, 0.1) is 6.92 Å². The maximum atomic E-state index is 5.96. The second-order valence-electron chi connectivity index (χ2n) is 4.72. The molecular weight excluding hydrogens is 363 g/mol. The zero-order valence-corrected chi connectivity index (χ0v) is 15.0. The van der Waals surface area contributed by atoms with Gasteiger partial charge in [-0.3, -0.25) is 4.68 Å². The average molecular weight is 378 g/mol. The van der Waals surface area contributed by atoms with Crippen LogP contribution in [-0.4, -0.2) is 21.4 Å². The number of hydrogen-bond donors (Lipinski definition) is 2. The molecule has 1 heterocycles. The van der Waals surface area contributed by atoms with Crippen LogP contribution < -0.4 is 10.6 Å².